The van der Waals surface area contributed by atoms with E-state index in [0.717, 1.165) is 47.6 Å². The monoisotopic (exact) mass is 563 g/mol. The molecule has 5 rings (SSSR count). The van der Waals surface area contributed by atoms with Gasteiger partial charge in [-0.05, 0) is 79.5 Å². The van der Waals surface area contributed by atoms with Gasteiger partial charge in [0.25, 0.3) is 0 Å². The minimum atomic E-state index is -0.410. The van der Waals surface area contributed by atoms with Crippen molar-refractivity contribution in [2.24, 2.45) is 0 Å². The lowest BCUT2D eigenvalue weighted by Gasteiger charge is -2.28. The quantitative estimate of drug-likeness (QED) is 0.229. The number of benzene rings is 3. The van der Waals surface area contributed by atoms with E-state index in [0.29, 0.717) is 23.9 Å². The lowest BCUT2D eigenvalue weighted by Crippen LogP contribution is -2.33. The van der Waals surface area contributed by atoms with Gasteiger partial charge in [-0.3, -0.25) is 14.5 Å². The van der Waals surface area contributed by atoms with Crippen LogP contribution in [0.25, 0.3) is 11.6 Å². The molecule has 0 saturated carbocycles. The molecule has 210 valence electrons. The summed E-state index contributed by atoms with van der Waals surface area (Å²) in [6, 6.07) is 20.7. The number of carbonyl (C=O) groups is 2. The van der Waals surface area contributed by atoms with Crippen molar-refractivity contribution in [3.8, 4) is 23.0 Å². The normalized spacial score (nSPS) is 16.4. The number of rotatable bonds is 8. The van der Waals surface area contributed by atoms with Crippen LogP contribution in [0.3, 0.4) is 0 Å². The van der Waals surface area contributed by atoms with Crippen molar-refractivity contribution in [3.05, 3.63) is 83.4 Å². The molecule has 7 nitrogen and oxygen atoms in total. The fraction of sp³-hybridized carbons (Fsp3) is 0.312. The first-order valence-corrected chi connectivity index (χ1v) is 13.4. The number of ether oxygens (including phenoxy) is 4. The van der Waals surface area contributed by atoms with E-state index in [4.69, 9.17) is 18.9 Å². The van der Waals surface area contributed by atoms with Crippen LogP contribution in [0.4, 0.5) is 0 Å². The minimum Gasteiger partial charge on any atom is -0.492 e. The van der Waals surface area contributed by atoms with E-state index in [9.17, 15) is 9.59 Å². The summed E-state index contributed by atoms with van der Waals surface area (Å²) in [6.07, 6.45) is 5.52. The summed E-state index contributed by atoms with van der Waals surface area (Å²) in [6.45, 7) is 6.65. The Morgan fingerprint density at radius 3 is 2.12 bits per heavy atom. The molecule has 0 bridgehead atoms. The lowest BCUT2D eigenvalue weighted by molar-refractivity contribution is -0.132. The van der Waals surface area contributed by atoms with E-state index in [-0.39, 0.29) is 24.3 Å². The fourth-order valence-corrected chi connectivity index (χ4v) is 4.98. The number of esters is 2. The molecule has 0 aliphatic carbocycles. The Labute approximate surface area is 241 Å². The second kappa shape index (κ2) is 13.5. The smallest absolute Gasteiger partial charge is 0.308 e. The number of piperidine rings is 1. The van der Waals surface area contributed by atoms with Gasteiger partial charge in [-0.25, -0.2) is 0 Å². The summed E-state index contributed by atoms with van der Waals surface area (Å²) in [5, 5.41) is 0. The second-order valence-electron chi connectivity index (χ2n) is 9.83. The molecular weight excluding hydrogens is 530 g/mol. The molecule has 2 aliphatic heterocycles. The van der Waals surface area contributed by atoms with Crippen molar-refractivity contribution >= 4 is 36.0 Å². The molecule has 1 atom stereocenters. The molecule has 0 aromatic heterocycles. The van der Waals surface area contributed by atoms with Gasteiger partial charge in [0.15, 0.2) is 0 Å². The first kappa shape index (κ1) is 29.2. The van der Waals surface area contributed by atoms with Gasteiger partial charge in [0.05, 0.1) is 0 Å². The van der Waals surface area contributed by atoms with Crippen LogP contribution in [0.1, 0.15) is 55.9 Å². The molecule has 2 heterocycles. The van der Waals surface area contributed by atoms with Crippen molar-refractivity contribution in [2.45, 2.75) is 39.2 Å². The zero-order valence-corrected chi connectivity index (χ0v) is 23.6. The molecule has 2 aliphatic rings. The van der Waals surface area contributed by atoms with Gasteiger partial charge in [0, 0.05) is 37.6 Å². The topological polar surface area (TPSA) is 74.3 Å². The molecular formula is C32H34ClNO6. The molecule has 1 fully saturated rings. The van der Waals surface area contributed by atoms with Gasteiger partial charge in [-0.15, -0.1) is 12.4 Å². The van der Waals surface area contributed by atoms with E-state index in [1.165, 1.54) is 33.1 Å². The van der Waals surface area contributed by atoms with Gasteiger partial charge in [0.2, 0.25) is 0 Å². The zero-order valence-electron chi connectivity index (χ0n) is 22.8. The van der Waals surface area contributed by atoms with Crippen LogP contribution in [0.5, 0.6) is 23.0 Å². The first-order chi connectivity index (χ1) is 18.9. The molecule has 1 unspecified atom stereocenters. The number of fused-ring (bicyclic) bond motifs is 1. The Morgan fingerprint density at radius 2 is 1.45 bits per heavy atom. The number of halogens is 1. The Bertz CT molecular complexity index is 1350. The van der Waals surface area contributed by atoms with Crippen LogP contribution in [0, 0.1) is 0 Å². The molecule has 0 amide bonds. The highest BCUT2D eigenvalue weighted by atomic mass is 35.5. The first-order valence-electron chi connectivity index (χ1n) is 13.4. The van der Waals surface area contributed by atoms with Gasteiger partial charge in [0.1, 0.15) is 35.7 Å². The number of carbonyl (C=O) groups excluding carboxylic acids is 2. The summed E-state index contributed by atoms with van der Waals surface area (Å²) >= 11 is 0. The molecule has 3 aromatic rings. The average Bonchev–Trinajstić information content (AvgIpc) is 2.93. The molecule has 1 saturated heterocycles. The summed E-state index contributed by atoms with van der Waals surface area (Å²) < 4.78 is 23.0. The Balaban J connectivity index is 0.00000370. The highest BCUT2D eigenvalue weighted by Crippen LogP contribution is 2.43. The highest BCUT2D eigenvalue weighted by Gasteiger charge is 2.26. The number of hydrogen-bond acceptors (Lipinski definition) is 7. The van der Waals surface area contributed by atoms with Gasteiger partial charge in [-0.1, -0.05) is 30.7 Å². The predicted molar refractivity (Wildman–Crippen MR) is 156 cm³/mol. The van der Waals surface area contributed by atoms with E-state index in [2.05, 4.69) is 11.0 Å². The molecule has 0 N–H and O–H groups in total. The number of likely N-dealkylation sites (tertiary alicyclic amines) is 1. The van der Waals surface area contributed by atoms with Gasteiger partial charge < -0.3 is 18.9 Å². The van der Waals surface area contributed by atoms with Gasteiger partial charge in [-0.2, -0.15) is 0 Å². The molecule has 8 heteroatoms. The molecule has 3 aromatic carbocycles. The summed E-state index contributed by atoms with van der Waals surface area (Å²) in [4.78, 5) is 25.3. The van der Waals surface area contributed by atoms with E-state index >= 15 is 0 Å². The van der Waals surface area contributed by atoms with E-state index in [1.807, 2.05) is 42.5 Å². The standard InChI is InChI=1S/C32H33NO6.ClH/c1-22(34)37-28-13-6-24(7-14-28)30-20-26-10-15-29(38-23(2)35)21-31(26)39-32(30)25-8-11-27(12-9-25)36-19-18-33-16-4-3-5-17-33;/h6-15,20-21,32H,3-5,16-19H2,1-2H3;1H. The summed E-state index contributed by atoms with van der Waals surface area (Å²) in [7, 11) is 0. The van der Waals surface area contributed by atoms with Crippen LogP contribution < -0.4 is 18.9 Å². The molecule has 0 radical (unpaired) electrons. The van der Waals surface area contributed by atoms with Crippen molar-refractivity contribution in [2.75, 3.05) is 26.2 Å². The van der Waals surface area contributed by atoms with Crippen LogP contribution >= 0.6 is 12.4 Å². The maximum atomic E-state index is 11.5. The largest absolute Gasteiger partial charge is 0.492 e. The van der Waals surface area contributed by atoms with Crippen LogP contribution in [0.15, 0.2) is 66.7 Å². The second-order valence-corrected chi connectivity index (χ2v) is 9.83. The number of hydrogen-bond donors (Lipinski definition) is 0. The third-order valence-corrected chi connectivity index (χ3v) is 6.84. The lowest BCUT2D eigenvalue weighted by atomic mass is 9.91. The molecule has 40 heavy (non-hydrogen) atoms. The summed E-state index contributed by atoms with van der Waals surface area (Å²) in [5.41, 5.74) is 3.72. The van der Waals surface area contributed by atoms with Crippen LogP contribution in [-0.4, -0.2) is 43.1 Å². The Kier molecular flexibility index (Phi) is 9.85. The minimum absolute atomic E-state index is 0. The van der Waals surface area contributed by atoms with Crippen LogP contribution in [-0.2, 0) is 9.59 Å². The van der Waals surface area contributed by atoms with E-state index in [1.54, 1.807) is 24.3 Å². The Morgan fingerprint density at radius 1 is 0.825 bits per heavy atom. The average molecular weight is 564 g/mol. The summed E-state index contributed by atoms with van der Waals surface area (Å²) in [5.74, 6) is 1.61. The van der Waals surface area contributed by atoms with Crippen molar-refractivity contribution < 1.29 is 28.5 Å². The zero-order chi connectivity index (χ0) is 27.2. The highest BCUT2D eigenvalue weighted by molar-refractivity contribution is 5.88. The predicted octanol–water partition coefficient (Wildman–Crippen LogP) is 6.50. The third kappa shape index (κ3) is 7.43. The fourth-order valence-electron chi connectivity index (χ4n) is 4.98. The Hall–Kier alpha value is -3.81. The van der Waals surface area contributed by atoms with Crippen molar-refractivity contribution in [3.63, 3.8) is 0 Å². The van der Waals surface area contributed by atoms with Crippen LogP contribution in [0.2, 0.25) is 0 Å². The number of nitrogens with zero attached hydrogens (tertiary/aromatic N) is 1. The van der Waals surface area contributed by atoms with Gasteiger partial charge >= 0.3 is 11.9 Å². The van der Waals surface area contributed by atoms with E-state index < -0.39 is 6.10 Å². The maximum absolute atomic E-state index is 11.5. The third-order valence-electron chi connectivity index (χ3n) is 6.84. The maximum Gasteiger partial charge on any atom is 0.308 e. The van der Waals surface area contributed by atoms with Crippen molar-refractivity contribution in [1.29, 1.82) is 0 Å². The van der Waals surface area contributed by atoms with Crippen molar-refractivity contribution in [1.82, 2.24) is 4.90 Å². The molecule has 0 spiro atoms. The SMILES string of the molecule is CC(=O)Oc1ccc(C2=Cc3ccc(OC(C)=O)cc3OC2c2ccc(OCCN3CCCCC3)cc2)cc1.Cl.